The van der Waals surface area contributed by atoms with Gasteiger partial charge < -0.3 is 14.9 Å². The average molecular weight is 340 g/mol. The molecule has 0 spiro atoms. The summed E-state index contributed by atoms with van der Waals surface area (Å²) in [4.78, 5) is 12.3. The summed E-state index contributed by atoms with van der Waals surface area (Å²) in [6, 6.07) is 9.54. The molecule has 132 valence electrons. The molecule has 25 heavy (non-hydrogen) atoms. The fourth-order valence-corrected chi connectivity index (χ4v) is 2.52. The van der Waals surface area contributed by atoms with Crippen molar-refractivity contribution >= 4 is 11.9 Å². The van der Waals surface area contributed by atoms with Crippen LogP contribution in [0.1, 0.15) is 48.2 Å². The smallest absolute Gasteiger partial charge is 0.185 e. The van der Waals surface area contributed by atoms with Gasteiger partial charge in [0.1, 0.15) is 17.2 Å². The van der Waals surface area contributed by atoms with Crippen LogP contribution in [-0.4, -0.2) is 23.1 Å². The van der Waals surface area contributed by atoms with Crippen molar-refractivity contribution in [3.05, 3.63) is 59.2 Å². The summed E-state index contributed by atoms with van der Waals surface area (Å²) in [6.07, 6.45) is 3.15. The highest BCUT2D eigenvalue weighted by Crippen LogP contribution is 2.36. The quantitative estimate of drug-likeness (QED) is 0.587. The SMILES string of the molecule is COc1cc(O)c([C@@H](C)C(C)C)cc1/C=C/C(=O)c1ccc(O)cc1. The molecule has 0 amide bonds. The van der Waals surface area contributed by atoms with Gasteiger partial charge in [-0.25, -0.2) is 0 Å². The Morgan fingerprint density at radius 2 is 1.72 bits per heavy atom. The van der Waals surface area contributed by atoms with Gasteiger partial charge in [-0.15, -0.1) is 0 Å². The van der Waals surface area contributed by atoms with Crippen molar-refractivity contribution in [3.8, 4) is 17.2 Å². The molecular weight excluding hydrogens is 316 g/mol. The number of allylic oxidation sites excluding steroid dienone is 1. The van der Waals surface area contributed by atoms with Crippen molar-refractivity contribution in [2.24, 2.45) is 5.92 Å². The number of hydrogen-bond donors (Lipinski definition) is 2. The molecule has 0 fully saturated rings. The molecule has 0 saturated carbocycles. The molecule has 0 heterocycles. The molecule has 0 bridgehead atoms. The van der Waals surface area contributed by atoms with Gasteiger partial charge in [0.2, 0.25) is 0 Å². The first-order valence-corrected chi connectivity index (χ1v) is 8.25. The van der Waals surface area contributed by atoms with Crippen molar-refractivity contribution in [2.75, 3.05) is 7.11 Å². The van der Waals surface area contributed by atoms with Gasteiger partial charge in [-0.3, -0.25) is 4.79 Å². The highest BCUT2D eigenvalue weighted by Gasteiger charge is 2.17. The van der Waals surface area contributed by atoms with Gasteiger partial charge in [-0.1, -0.05) is 20.8 Å². The van der Waals surface area contributed by atoms with E-state index >= 15 is 0 Å². The van der Waals surface area contributed by atoms with Gasteiger partial charge in [0, 0.05) is 17.2 Å². The lowest BCUT2D eigenvalue weighted by Gasteiger charge is -2.19. The summed E-state index contributed by atoms with van der Waals surface area (Å²) < 4.78 is 5.32. The number of phenolic OH excluding ortho intramolecular Hbond substituents is 2. The number of hydrogen-bond acceptors (Lipinski definition) is 4. The van der Waals surface area contributed by atoms with E-state index in [1.54, 1.807) is 24.3 Å². The zero-order chi connectivity index (χ0) is 18.6. The molecular formula is C21H24O4. The monoisotopic (exact) mass is 340 g/mol. The number of ether oxygens (including phenoxy) is 1. The Balaban J connectivity index is 2.35. The van der Waals surface area contributed by atoms with E-state index in [9.17, 15) is 15.0 Å². The van der Waals surface area contributed by atoms with E-state index in [1.165, 1.54) is 25.3 Å². The second kappa shape index (κ2) is 7.88. The minimum Gasteiger partial charge on any atom is -0.508 e. The number of carbonyl (C=O) groups is 1. The third-order valence-electron chi connectivity index (χ3n) is 4.44. The van der Waals surface area contributed by atoms with Gasteiger partial charge in [0.15, 0.2) is 5.78 Å². The van der Waals surface area contributed by atoms with Gasteiger partial charge in [0.25, 0.3) is 0 Å². The molecule has 0 radical (unpaired) electrons. The Morgan fingerprint density at radius 1 is 1.08 bits per heavy atom. The summed E-state index contributed by atoms with van der Waals surface area (Å²) in [5, 5.41) is 19.6. The molecule has 0 unspecified atom stereocenters. The number of phenols is 2. The van der Waals surface area contributed by atoms with Crippen LogP contribution in [0.25, 0.3) is 6.08 Å². The summed E-state index contributed by atoms with van der Waals surface area (Å²) in [5.74, 6) is 1.19. The maximum absolute atomic E-state index is 12.3. The van der Waals surface area contributed by atoms with Gasteiger partial charge in [0.05, 0.1) is 7.11 Å². The van der Waals surface area contributed by atoms with E-state index in [0.717, 1.165) is 11.1 Å². The lowest BCUT2D eigenvalue weighted by atomic mass is 9.88. The molecule has 2 rings (SSSR count). The van der Waals surface area contributed by atoms with Crippen molar-refractivity contribution in [1.82, 2.24) is 0 Å². The standard InChI is InChI=1S/C21H24O4/c1-13(2)14(3)18-11-16(21(25-4)12-20(18)24)7-10-19(23)15-5-8-17(22)9-6-15/h5-14,22,24H,1-4H3/b10-7+/t14-/m0/s1. The largest absolute Gasteiger partial charge is 0.508 e. The average Bonchev–Trinajstić information content (AvgIpc) is 2.59. The van der Waals surface area contributed by atoms with E-state index in [0.29, 0.717) is 17.2 Å². The van der Waals surface area contributed by atoms with Crippen molar-refractivity contribution in [3.63, 3.8) is 0 Å². The molecule has 2 N–H and O–H groups in total. The van der Waals surface area contributed by atoms with E-state index in [-0.39, 0.29) is 23.2 Å². The van der Waals surface area contributed by atoms with E-state index in [1.807, 2.05) is 6.07 Å². The number of carbonyl (C=O) groups excluding carboxylic acids is 1. The lowest BCUT2D eigenvalue weighted by molar-refractivity contribution is 0.104. The van der Waals surface area contributed by atoms with Gasteiger partial charge in [-0.2, -0.15) is 0 Å². The van der Waals surface area contributed by atoms with Crippen LogP contribution in [0.4, 0.5) is 0 Å². The molecule has 0 saturated heterocycles. The van der Waals surface area contributed by atoms with Crippen molar-refractivity contribution in [1.29, 1.82) is 0 Å². The third-order valence-corrected chi connectivity index (χ3v) is 4.44. The highest BCUT2D eigenvalue weighted by atomic mass is 16.5. The molecule has 2 aromatic rings. The zero-order valence-electron chi connectivity index (χ0n) is 15.0. The second-order valence-corrected chi connectivity index (χ2v) is 6.43. The van der Waals surface area contributed by atoms with Crippen LogP contribution in [-0.2, 0) is 0 Å². The summed E-state index contributed by atoms with van der Waals surface area (Å²) in [6.45, 7) is 6.25. The Morgan fingerprint density at radius 3 is 2.28 bits per heavy atom. The Hall–Kier alpha value is -2.75. The predicted molar refractivity (Wildman–Crippen MR) is 99.4 cm³/mol. The topological polar surface area (TPSA) is 66.8 Å². The molecule has 0 aliphatic heterocycles. The number of benzene rings is 2. The van der Waals surface area contributed by atoms with Crippen LogP contribution in [0.3, 0.4) is 0 Å². The molecule has 0 aromatic heterocycles. The normalized spacial score (nSPS) is 12.5. The Kier molecular flexibility index (Phi) is 5.86. The Bertz CT molecular complexity index is 773. The fourth-order valence-electron chi connectivity index (χ4n) is 2.52. The predicted octanol–water partition coefficient (Wildman–Crippen LogP) is 4.76. The first kappa shape index (κ1) is 18.6. The van der Waals surface area contributed by atoms with Crippen molar-refractivity contribution in [2.45, 2.75) is 26.7 Å². The molecule has 0 aliphatic carbocycles. The number of rotatable bonds is 6. The fraction of sp³-hybridized carbons (Fsp3) is 0.286. The van der Waals surface area contributed by atoms with Gasteiger partial charge in [-0.05, 0) is 59.9 Å². The number of aromatic hydroxyl groups is 2. The van der Waals surface area contributed by atoms with Crippen molar-refractivity contribution < 1.29 is 19.7 Å². The minimum atomic E-state index is -0.173. The first-order valence-electron chi connectivity index (χ1n) is 8.25. The Labute approximate surface area is 148 Å². The third kappa shape index (κ3) is 4.41. The minimum absolute atomic E-state index is 0.119. The van der Waals surface area contributed by atoms with E-state index in [2.05, 4.69) is 20.8 Å². The van der Waals surface area contributed by atoms with E-state index in [4.69, 9.17) is 4.74 Å². The van der Waals surface area contributed by atoms with Crippen LogP contribution < -0.4 is 4.74 Å². The summed E-state index contributed by atoms with van der Waals surface area (Å²) >= 11 is 0. The summed E-state index contributed by atoms with van der Waals surface area (Å²) in [5.41, 5.74) is 2.05. The maximum atomic E-state index is 12.3. The zero-order valence-corrected chi connectivity index (χ0v) is 15.0. The highest BCUT2D eigenvalue weighted by molar-refractivity contribution is 6.07. The van der Waals surface area contributed by atoms with Crippen LogP contribution in [0.5, 0.6) is 17.2 Å². The first-order chi connectivity index (χ1) is 11.8. The second-order valence-electron chi connectivity index (χ2n) is 6.43. The molecule has 0 aliphatic rings. The van der Waals surface area contributed by atoms with E-state index < -0.39 is 0 Å². The van der Waals surface area contributed by atoms with Crippen LogP contribution >= 0.6 is 0 Å². The molecule has 4 nitrogen and oxygen atoms in total. The van der Waals surface area contributed by atoms with Gasteiger partial charge >= 0.3 is 0 Å². The molecule has 4 heteroatoms. The van der Waals surface area contributed by atoms with Crippen LogP contribution in [0, 0.1) is 5.92 Å². The maximum Gasteiger partial charge on any atom is 0.185 e. The van der Waals surface area contributed by atoms with Crippen LogP contribution in [0.2, 0.25) is 0 Å². The number of methoxy groups -OCH3 is 1. The summed E-state index contributed by atoms with van der Waals surface area (Å²) in [7, 11) is 1.53. The molecule has 1 atom stereocenters. The van der Waals surface area contributed by atoms with Crippen LogP contribution in [0.15, 0.2) is 42.5 Å². The lowest BCUT2D eigenvalue weighted by Crippen LogP contribution is -2.03. The number of ketones is 1. The molecule has 2 aromatic carbocycles.